The minimum absolute atomic E-state index is 1.00. The SMILES string of the molecule is C/C=C(\N=C(C)N(C)C)c1cn(C)c2ccccc12. The third-order valence-electron chi connectivity index (χ3n) is 3.38. The van der Waals surface area contributed by atoms with Gasteiger partial charge >= 0.3 is 0 Å². The fraction of sp³-hybridized carbons (Fsp3) is 0.312. The van der Waals surface area contributed by atoms with E-state index in [1.807, 2.05) is 32.8 Å². The van der Waals surface area contributed by atoms with Crippen molar-refractivity contribution in [2.24, 2.45) is 12.0 Å². The molecule has 100 valence electrons. The molecule has 0 radical (unpaired) electrons. The van der Waals surface area contributed by atoms with E-state index < -0.39 is 0 Å². The lowest BCUT2D eigenvalue weighted by Gasteiger charge is -2.12. The summed E-state index contributed by atoms with van der Waals surface area (Å²) < 4.78 is 2.15. The zero-order chi connectivity index (χ0) is 14.0. The first-order valence-electron chi connectivity index (χ1n) is 6.48. The van der Waals surface area contributed by atoms with E-state index in [0.717, 1.165) is 11.5 Å². The Labute approximate surface area is 114 Å². The van der Waals surface area contributed by atoms with Gasteiger partial charge in [0.15, 0.2) is 0 Å². The summed E-state index contributed by atoms with van der Waals surface area (Å²) in [4.78, 5) is 6.74. The van der Waals surface area contributed by atoms with E-state index in [2.05, 4.69) is 48.2 Å². The van der Waals surface area contributed by atoms with Gasteiger partial charge in [-0.05, 0) is 19.9 Å². The first-order chi connectivity index (χ1) is 9.04. The normalized spacial score (nSPS) is 13.1. The molecule has 0 aliphatic heterocycles. The summed E-state index contributed by atoms with van der Waals surface area (Å²) in [5, 5.41) is 1.24. The summed E-state index contributed by atoms with van der Waals surface area (Å²) in [6, 6.07) is 8.42. The molecule has 0 aliphatic rings. The molecule has 1 aromatic heterocycles. The second kappa shape index (κ2) is 5.31. The van der Waals surface area contributed by atoms with Crippen LogP contribution in [-0.4, -0.2) is 29.4 Å². The molecule has 1 heterocycles. The van der Waals surface area contributed by atoms with Gasteiger partial charge in [0.25, 0.3) is 0 Å². The van der Waals surface area contributed by atoms with Crippen LogP contribution in [0.5, 0.6) is 0 Å². The van der Waals surface area contributed by atoms with E-state index in [-0.39, 0.29) is 0 Å². The monoisotopic (exact) mass is 255 g/mol. The first-order valence-corrected chi connectivity index (χ1v) is 6.48. The molecule has 0 fully saturated rings. The lowest BCUT2D eigenvalue weighted by molar-refractivity contribution is 0.619. The lowest BCUT2D eigenvalue weighted by Crippen LogP contribution is -2.18. The molecule has 2 aromatic rings. The number of amidine groups is 1. The number of para-hydroxylation sites is 1. The van der Waals surface area contributed by atoms with Crippen LogP contribution in [0.15, 0.2) is 41.5 Å². The molecule has 0 unspecified atom stereocenters. The van der Waals surface area contributed by atoms with Gasteiger partial charge in [0.1, 0.15) is 5.84 Å². The number of aryl methyl sites for hydroxylation is 1. The maximum Gasteiger partial charge on any atom is 0.101 e. The molecule has 0 saturated carbocycles. The van der Waals surface area contributed by atoms with Crippen LogP contribution in [0.1, 0.15) is 19.4 Å². The van der Waals surface area contributed by atoms with Crippen molar-refractivity contribution in [2.75, 3.05) is 14.1 Å². The molecule has 1 aromatic carbocycles. The molecule has 0 aliphatic carbocycles. The van der Waals surface area contributed by atoms with Gasteiger partial charge in [0.2, 0.25) is 0 Å². The highest BCUT2D eigenvalue weighted by molar-refractivity contribution is 5.95. The Bertz CT molecular complexity index is 645. The second-order valence-electron chi connectivity index (χ2n) is 4.90. The Morgan fingerprint density at radius 2 is 1.95 bits per heavy atom. The van der Waals surface area contributed by atoms with Crippen molar-refractivity contribution in [3.8, 4) is 0 Å². The molecule has 0 bridgehead atoms. The van der Waals surface area contributed by atoms with Crippen LogP contribution in [0.4, 0.5) is 0 Å². The molecule has 19 heavy (non-hydrogen) atoms. The minimum atomic E-state index is 1.00. The fourth-order valence-corrected chi connectivity index (χ4v) is 2.10. The highest BCUT2D eigenvalue weighted by Gasteiger charge is 2.09. The third-order valence-corrected chi connectivity index (χ3v) is 3.38. The van der Waals surface area contributed by atoms with Gasteiger partial charge in [-0.3, -0.25) is 0 Å². The van der Waals surface area contributed by atoms with Crippen molar-refractivity contribution in [3.63, 3.8) is 0 Å². The average molecular weight is 255 g/mol. The van der Waals surface area contributed by atoms with Crippen LogP contribution in [0.2, 0.25) is 0 Å². The van der Waals surface area contributed by atoms with Crippen molar-refractivity contribution < 1.29 is 0 Å². The lowest BCUT2D eigenvalue weighted by atomic mass is 10.1. The third kappa shape index (κ3) is 2.55. The predicted molar refractivity (Wildman–Crippen MR) is 83.4 cm³/mol. The van der Waals surface area contributed by atoms with E-state index in [9.17, 15) is 0 Å². The van der Waals surface area contributed by atoms with E-state index in [1.165, 1.54) is 16.5 Å². The van der Waals surface area contributed by atoms with Crippen LogP contribution < -0.4 is 0 Å². The standard InChI is InChI=1S/C16H21N3/c1-6-15(17-12(2)18(3)4)14-11-19(5)16-10-8-7-9-13(14)16/h6-11H,1-5H3/b15-6-,17-12?. The zero-order valence-corrected chi connectivity index (χ0v) is 12.3. The number of rotatable bonds is 2. The maximum absolute atomic E-state index is 4.72. The van der Waals surface area contributed by atoms with Crippen molar-refractivity contribution in [1.82, 2.24) is 9.47 Å². The molecule has 0 spiro atoms. The van der Waals surface area contributed by atoms with Crippen molar-refractivity contribution in [2.45, 2.75) is 13.8 Å². The first kappa shape index (κ1) is 13.4. The fourth-order valence-electron chi connectivity index (χ4n) is 2.10. The summed E-state index contributed by atoms with van der Waals surface area (Å²) in [7, 11) is 6.09. The number of aromatic nitrogens is 1. The predicted octanol–water partition coefficient (Wildman–Crippen LogP) is 3.52. The summed E-state index contributed by atoms with van der Waals surface area (Å²) in [6.45, 7) is 4.05. The number of hydrogen-bond acceptors (Lipinski definition) is 1. The van der Waals surface area contributed by atoms with Crippen LogP contribution >= 0.6 is 0 Å². The van der Waals surface area contributed by atoms with Crippen LogP contribution in [0.3, 0.4) is 0 Å². The maximum atomic E-state index is 4.72. The average Bonchev–Trinajstić information content (AvgIpc) is 2.73. The van der Waals surface area contributed by atoms with Crippen molar-refractivity contribution >= 4 is 22.4 Å². The minimum Gasteiger partial charge on any atom is -0.366 e. The van der Waals surface area contributed by atoms with Gasteiger partial charge in [0.05, 0.1) is 5.70 Å². The number of aliphatic imine (C=N–C) groups is 1. The van der Waals surface area contributed by atoms with Crippen LogP contribution in [0, 0.1) is 0 Å². The highest BCUT2D eigenvalue weighted by atomic mass is 15.1. The number of hydrogen-bond donors (Lipinski definition) is 0. The molecule has 2 rings (SSSR count). The molecule has 0 atom stereocenters. The Kier molecular flexibility index (Phi) is 3.74. The molecule has 3 nitrogen and oxygen atoms in total. The van der Waals surface area contributed by atoms with Gasteiger partial charge in [0, 0.05) is 43.8 Å². The smallest absolute Gasteiger partial charge is 0.101 e. The highest BCUT2D eigenvalue weighted by Crippen LogP contribution is 2.27. The second-order valence-corrected chi connectivity index (χ2v) is 4.90. The molecule has 0 saturated heterocycles. The molecule has 0 amide bonds. The van der Waals surface area contributed by atoms with Gasteiger partial charge in [-0.2, -0.15) is 0 Å². The molecular weight excluding hydrogens is 234 g/mol. The summed E-state index contributed by atoms with van der Waals surface area (Å²) in [6.07, 6.45) is 4.21. The largest absolute Gasteiger partial charge is 0.366 e. The number of benzene rings is 1. The van der Waals surface area contributed by atoms with Crippen LogP contribution in [-0.2, 0) is 7.05 Å². The Morgan fingerprint density at radius 3 is 2.58 bits per heavy atom. The van der Waals surface area contributed by atoms with Crippen LogP contribution in [0.25, 0.3) is 16.6 Å². The number of nitrogens with zero attached hydrogens (tertiary/aromatic N) is 3. The molecule has 0 N–H and O–H groups in total. The topological polar surface area (TPSA) is 20.5 Å². The van der Waals surface area contributed by atoms with Gasteiger partial charge < -0.3 is 9.47 Å². The van der Waals surface area contributed by atoms with Gasteiger partial charge in [-0.25, -0.2) is 4.99 Å². The quantitative estimate of drug-likeness (QED) is 0.594. The van der Waals surface area contributed by atoms with Gasteiger partial charge in [-0.15, -0.1) is 0 Å². The van der Waals surface area contributed by atoms with E-state index in [0.29, 0.717) is 0 Å². The molecule has 3 heteroatoms. The van der Waals surface area contributed by atoms with Crippen molar-refractivity contribution in [3.05, 3.63) is 42.1 Å². The summed E-state index contributed by atoms with van der Waals surface area (Å²) in [5.41, 5.74) is 3.43. The van der Waals surface area contributed by atoms with E-state index >= 15 is 0 Å². The summed E-state index contributed by atoms with van der Waals surface area (Å²) >= 11 is 0. The zero-order valence-electron chi connectivity index (χ0n) is 12.3. The molecular formula is C16H21N3. The summed E-state index contributed by atoms with van der Waals surface area (Å²) in [5.74, 6) is 1.00. The Balaban J connectivity index is 2.57. The number of fused-ring (bicyclic) bond motifs is 1. The van der Waals surface area contributed by atoms with E-state index in [1.54, 1.807) is 0 Å². The Morgan fingerprint density at radius 1 is 1.26 bits per heavy atom. The van der Waals surface area contributed by atoms with Gasteiger partial charge in [-0.1, -0.05) is 24.3 Å². The Hall–Kier alpha value is -2.03. The number of allylic oxidation sites excluding steroid dienone is 1. The van der Waals surface area contributed by atoms with E-state index in [4.69, 9.17) is 4.99 Å². The van der Waals surface area contributed by atoms with Crippen molar-refractivity contribution in [1.29, 1.82) is 0 Å².